The molecule has 0 aromatic carbocycles. The fourth-order valence-corrected chi connectivity index (χ4v) is 2.51. The number of allylic oxidation sites excluding steroid dienone is 1. The van der Waals surface area contributed by atoms with Crippen LogP contribution in [0.4, 0.5) is 0 Å². The second kappa shape index (κ2) is 8.36. The van der Waals surface area contributed by atoms with Crippen molar-refractivity contribution < 1.29 is 28.6 Å². The highest BCUT2D eigenvalue weighted by atomic mass is 16.6. The van der Waals surface area contributed by atoms with E-state index in [4.69, 9.17) is 14.2 Å². The fourth-order valence-electron chi connectivity index (χ4n) is 2.51. The van der Waals surface area contributed by atoms with Crippen molar-refractivity contribution in [1.29, 1.82) is 0 Å². The van der Waals surface area contributed by atoms with Gasteiger partial charge in [0.1, 0.15) is 5.54 Å². The summed E-state index contributed by atoms with van der Waals surface area (Å²) in [6.45, 7) is 7.18. The van der Waals surface area contributed by atoms with Crippen LogP contribution in [-0.4, -0.2) is 43.8 Å². The van der Waals surface area contributed by atoms with Crippen molar-refractivity contribution >= 4 is 17.9 Å². The van der Waals surface area contributed by atoms with Crippen LogP contribution in [0, 0.1) is 0 Å². The van der Waals surface area contributed by atoms with Crippen molar-refractivity contribution in [3.63, 3.8) is 0 Å². The van der Waals surface area contributed by atoms with Crippen LogP contribution >= 0.6 is 0 Å². The number of esters is 3. The third-order valence-corrected chi connectivity index (χ3v) is 3.52. The predicted octanol–water partition coefficient (Wildman–Crippen LogP) is 1.24. The molecule has 1 N–H and O–H groups in total. The van der Waals surface area contributed by atoms with Crippen molar-refractivity contribution in [3.8, 4) is 0 Å². The lowest BCUT2D eigenvalue weighted by Gasteiger charge is -2.25. The highest BCUT2D eigenvalue weighted by Crippen LogP contribution is 2.32. The number of hydrogen-bond donors (Lipinski definition) is 1. The van der Waals surface area contributed by atoms with E-state index in [2.05, 4.69) is 11.9 Å². The van der Waals surface area contributed by atoms with E-state index in [9.17, 15) is 14.4 Å². The molecule has 1 rings (SSSR count). The molecule has 23 heavy (non-hydrogen) atoms. The van der Waals surface area contributed by atoms with Crippen molar-refractivity contribution in [2.45, 2.75) is 38.6 Å². The van der Waals surface area contributed by atoms with E-state index < -0.39 is 23.4 Å². The summed E-state index contributed by atoms with van der Waals surface area (Å²) in [5.74, 6) is -2.01. The quantitative estimate of drug-likeness (QED) is 0.188. The highest BCUT2D eigenvalue weighted by Gasteiger charge is 2.45. The number of nitrogens with one attached hydrogen (secondary N) is 1. The maximum absolute atomic E-state index is 12.1. The van der Waals surface area contributed by atoms with Gasteiger partial charge < -0.3 is 19.5 Å². The molecule has 128 valence electrons. The molecule has 0 unspecified atom stereocenters. The molecular weight excluding hydrogens is 302 g/mol. The normalized spacial score (nSPS) is 19.5. The Hall–Kier alpha value is -2.31. The Morgan fingerprint density at radius 3 is 2.22 bits per heavy atom. The molecule has 0 saturated carbocycles. The van der Waals surface area contributed by atoms with E-state index >= 15 is 0 Å². The first kappa shape index (κ1) is 18.7. The summed E-state index contributed by atoms with van der Waals surface area (Å²) >= 11 is 0. The van der Waals surface area contributed by atoms with Crippen molar-refractivity contribution in [2.24, 2.45) is 0 Å². The summed E-state index contributed by atoms with van der Waals surface area (Å²) in [5, 5.41) is 2.97. The maximum Gasteiger partial charge on any atom is 0.347 e. The monoisotopic (exact) mass is 325 g/mol. The van der Waals surface area contributed by atoms with Gasteiger partial charge in [-0.25, -0.2) is 14.4 Å². The van der Waals surface area contributed by atoms with Crippen molar-refractivity contribution in [3.05, 3.63) is 23.9 Å². The predicted molar refractivity (Wildman–Crippen MR) is 82.2 cm³/mol. The molecule has 7 nitrogen and oxygen atoms in total. The summed E-state index contributed by atoms with van der Waals surface area (Å²) < 4.78 is 14.7. The van der Waals surface area contributed by atoms with Gasteiger partial charge in [-0.05, 0) is 33.1 Å². The van der Waals surface area contributed by atoms with Crippen LogP contribution in [0.25, 0.3) is 0 Å². The molecule has 0 aromatic rings. The lowest BCUT2D eigenvalue weighted by Crippen LogP contribution is -2.48. The SMILES string of the molecule is C=CC[C@@]1(C(=O)OC)CCC(=C(C(=O)OCC)C(=O)OCC)N1. The van der Waals surface area contributed by atoms with Gasteiger partial charge in [-0.2, -0.15) is 0 Å². The Kier molecular flexibility index (Phi) is 6.81. The van der Waals surface area contributed by atoms with Crippen LogP contribution in [-0.2, 0) is 28.6 Å². The van der Waals surface area contributed by atoms with Crippen LogP contribution in [0.15, 0.2) is 23.9 Å². The summed E-state index contributed by atoms with van der Waals surface area (Å²) in [6, 6.07) is 0. The Morgan fingerprint density at radius 1 is 1.22 bits per heavy atom. The second-order valence-electron chi connectivity index (χ2n) is 4.99. The summed E-state index contributed by atoms with van der Waals surface area (Å²) in [6.07, 6.45) is 2.60. The zero-order valence-electron chi connectivity index (χ0n) is 13.8. The molecule has 0 spiro atoms. The number of hydrogen-bond acceptors (Lipinski definition) is 7. The Bertz CT molecular complexity index is 505. The smallest absolute Gasteiger partial charge is 0.347 e. The van der Waals surface area contributed by atoms with Gasteiger partial charge in [0.05, 0.1) is 20.3 Å². The van der Waals surface area contributed by atoms with E-state index in [1.807, 2.05) is 0 Å². The van der Waals surface area contributed by atoms with E-state index in [-0.39, 0.29) is 18.8 Å². The zero-order chi connectivity index (χ0) is 17.5. The molecule has 0 amide bonds. The number of methoxy groups -OCH3 is 1. The summed E-state index contributed by atoms with van der Waals surface area (Å²) in [7, 11) is 1.29. The molecule has 0 bridgehead atoms. The topological polar surface area (TPSA) is 90.9 Å². The van der Waals surface area contributed by atoms with Crippen LogP contribution < -0.4 is 5.32 Å². The summed E-state index contributed by atoms with van der Waals surface area (Å²) in [5.41, 5.74) is -0.909. The molecule has 0 radical (unpaired) electrons. The first-order valence-electron chi connectivity index (χ1n) is 7.50. The first-order valence-corrected chi connectivity index (χ1v) is 7.50. The van der Waals surface area contributed by atoms with E-state index in [0.717, 1.165) is 0 Å². The standard InChI is InChI=1S/C16H23NO6/c1-5-9-16(15(20)21-4)10-8-11(17-16)12(13(18)22-6-2)14(19)23-7-3/h5,17H,1,6-10H2,2-4H3/t16-/m0/s1. The first-order chi connectivity index (χ1) is 11.0. The average Bonchev–Trinajstić information content (AvgIpc) is 2.92. The second-order valence-corrected chi connectivity index (χ2v) is 4.99. The Balaban J connectivity index is 3.22. The minimum atomic E-state index is -1.03. The van der Waals surface area contributed by atoms with Gasteiger partial charge in [0.15, 0.2) is 5.57 Å². The number of rotatable bonds is 7. The average molecular weight is 325 g/mol. The molecule has 1 atom stereocenters. The van der Waals surface area contributed by atoms with Crippen LogP contribution in [0.2, 0.25) is 0 Å². The molecular formula is C16H23NO6. The van der Waals surface area contributed by atoms with Gasteiger partial charge in [-0.3, -0.25) is 0 Å². The van der Waals surface area contributed by atoms with Crippen molar-refractivity contribution in [2.75, 3.05) is 20.3 Å². The van der Waals surface area contributed by atoms with Gasteiger partial charge in [0.25, 0.3) is 0 Å². The minimum Gasteiger partial charge on any atom is -0.467 e. The highest BCUT2D eigenvalue weighted by molar-refractivity contribution is 6.14. The maximum atomic E-state index is 12.1. The van der Waals surface area contributed by atoms with Crippen LogP contribution in [0.5, 0.6) is 0 Å². The number of ether oxygens (including phenoxy) is 3. The molecule has 1 fully saturated rings. The minimum absolute atomic E-state index is 0.129. The van der Waals surface area contributed by atoms with E-state index in [0.29, 0.717) is 25.0 Å². The van der Waals surface area contributed by atoms with Crippen molar-refractivity contribution in [1.82, 2.24) is 5.32 Å². The molecule has 1 heterocycles. The molecule has 1 saturated heterocycles. The Morgan fingerprint density at radius 2 is 1.78 bits per heavy atom. The lowest BCUT2D eigenvalue weighted by molar-refractivity contribution is -0.149. The third kappa shape index (κ3) is 4.12. The molecule has 0 aromatic heterocycles. The van der Waals surface area contributed by atoms with Gasteiger partial charge in [0, 0.05) is 5.70 Å². The lowest BCUT2D eigenvalue weighted by atomic mass is 9.93. The number of carbonyl (C=O) groups is 3. The van der Waals surface area contributed by atoms with E-state index in [1.165, 1.54) is 7.11 Å². The molecule has 1 aliphatic rings. The third-order valence-electron chi connectivity index (χ3n) is 3.52. The van der Waals surface area contributed by atoms with Crippen LogP contribution in [0.3, 0.4) is 0 Å². The Labute approximate surface area is 135 Å². The largest absolute Gasteiger partial charge is 0.467 e. The van der Waals surface area contributed by atoms with Gasteiger partial charge in [-0.15, -0.1) is 6.58 Å². The fraction of sp³-hybridized carbons (Fsp3) is 0.562. The van der Waals surface area contributed by atoms with Crippen LogP contribution in [0.1, 0.15) is 33.1 Å². The number of carbonyl (C=O) groups excluding carboxylic acids is 3. The van der Waals surface area contributed by atoms with E-state index in [1.54, 1.807) is 19.9 Å². The van der Waals surface area contributed by atoms with Gasteiger partial charge in [-0.1, -0.05) is 6.08 Å². The van der Waals surface area contributed by atoms with Gasteiger partial charge >= 0.3 is 17.9 Å². The zero-order valence-corrected chi connectivity index (χ0v) is 13.8. The van der Waals surface area contributed by atoms with Gasteiger partial charge in [0.2, 0.25) is 0 Å². The summed E-state index contributed by atoms with van der Waals surface area (Å²) in [4.78, 5) is 36.3. The molecule has 7 heteroatoms. The molecule has 0 aliphatic carbocycles. The molecule has 1 aliphatic heterocycles.